The summed E-state index contributed by atoms with van der Waals surface area (Å²) in [5.74, 6) is 0.196. The number of thiazole rings is 1. The van der Waals surface area contributed by atoms with Gasteiger partial charge in [-0.2, -0.15) is 5.26 Å². The molecule has 158 valence electrons. The second-order valence-corrected chi connectivity index (χ2v) is 7.52. The molecule has 0 bridgehead atoms. The smallest absolute Gasteiger partial charge is 0.270 e. The molecular weight excluding hydrogens is 412 g/mol. The average Bonchev–Trinajstić information content (AvgIpc) is 3.12. The first-order chi connectivity index (χ1) is 15.1. The summed E-state index contributed by atoms with van der Waals surface area (Å²) in [4.78, 5) is 25.5. The van der Waals surface area contributed by atoms with Crippen LogP contribution in [0, 0.1) is 11.3 Å². The number of carbonyl (C=O) groups excluding carboxylic acids is 1. The SMILES string of the molecule is CCn1c(=C(C#N)C(=O)NCc2ccc(OC)cc2)sc(=CNc2ccccc2)c1=O. The molecule has 0 aliphatic heterocycles. The quantitative estimate of drug-likeness (QED) is 0.591. The normalized spacial score (nSPS) is 12.1. The van der Waals surface area contributed by atoms with Crippen LogP contribution in [0.4, 0.5) is 5.69 Å². The fourth-order valence-corrected chi connectivity index (χ4v) is 3.97. The number of para-hydroxylation sites is 1. The van der Waals surface area contributed by atoms with Gasteiger partial charge in [0.2, 0.25) is 0 Å². The molecule has 8 heteroatoms. The van der Waals surface area contributed by atoms with Gasteiger partial charge in [-0.15, -0.1) is 11.3 Å². The highest BCUT2D eigenvalue weighted by Crippen LogP contribution is 2.11. The molecule has 0 saturated carbocycles. The summed E-state index contributed by atoms with van der Waals surface area (Å²) in [7, 11) is 1.58. The van der Waals surface area contributed by atoms with E-state index in [0.29, 0.717) is 15.7 Å². The molecule has 31 heavy (non-hydrogen) atoms. The Kier molecular flexibility index (Phi) is 7.25. The third-order valence-corrected chi connectivity index (χ3v) is 5.66. The number of hydrogen-bond donors (Lipinski definition) is 2. The van der Waals surface area contributed by atoms with E-state index in [-0.39, 0.29) is 17.7 Å². The Morgan fingerprint density at radius 3 is 2.52 bits per heavy atom. The summed E-state index contributed by atoms with van der Waals surface area (Å²) in [5, 5.41) is 15.5. The van der Waals surface area contributed by atoms with Crippen molar-refractivity contribution in [3.63, 3.8) is 0 Å². The lowest BCUT2D eigenvalue weighted by Gasteiger charge is -2.06. The van der Waals surface area contributed by atoms with E-state index in [1.165, 1.54) is 4.57 Å². The number of rotatable bonds is 7. The van der Waals surface area contributed by atoms with E-state index in [4.69, 9.17) is 4.74 Å². The Bertz CT molecular complexity index is 1270. The number of nitriles is 1. The number of benzene rings is 2. The monoisotopic (exact) mass is 434 g/mol. The summed E-state index contributed by atoms with van der Waals surface area (Å²) in [6.45, 7) is 2.40. The molecule has 3 rings (SSSR count). The van der Waals surface area contributed by atoms with Gasteiger partial charge in [0.05, 0.1) is 7.11 Å². The van der Waals surface area contributed by atoms with Gasteiger partial charge in [0, 0.05) is 25.0 Å². The highest BCUT2D eigenvalue weighted by molar-refractivity contribution is 7.07. The molecule has 7 nitrogen and oxygen atoms in total. The minimum Gasteiger partial charge on any atom is -0.497 e. The van der Waals surface area contributed by atoms with Gasteiger partial charge in [0.25, 0.3) is 11.5 Å². The zero-order chi connectivity index (χ0) is 22.2. The van der Waals surface area contributed by atoms with Crippen LogP contribution in [0.2, 0.25) is 0 Å². The van der Waals surface area contributed by atoms with Crippen LogP contribution >= 0.6 is 11.3 Å². The molecule has 0 radical (unpaired) electrons. The summed E-state index contributed by atoms with van der Waals surface area (Å²) >= 11 is 1.11. The highest BCUT2D eigenvalue weighted by atomic mass is 32.1. The minimum atomic E-state index is -0.524. The van der Waals surface area contributed by atoms with E-state index in [1.807, 2.05) is 48.5 Å². The third-order valence-electron chi connectivity index (χ3n) is 4.53. The third kappa shape index (κ3) is 5.21. The zero-order valence-corrected chi connectivity index (χ0v) is 18.0. The standard InChI is InChI=1S/C23H22N4O3S/c1-3-27-22(29)20(15-25-17-7-5-4-6-8-17)31-23(27)19(13-24)21(28)26-14-16-9-11-18(30-2)12-10-16/h4-12,15,25H,3,14H2,1-2H3,(H,26,28). The Morgan fingerprint density at radius 1 is 1.19 bits per heavy atom. The molecule has 1 amide bonds. The van der Waals surface area contributed by atoms with Crippen LogP contribution in [-0.4, -0.2) is 17.6 Å². The van der Waals surface area contributed by atoms with Crippen LogP contribution in [0.25, 0.3) is 11.8 Å². The fourth-order valence-electron chi connectivity index (χ4n) is 2.89. The molecule has 2 aromatic carbocycles. The van der Waals surface area contributed by atoms with Crippen molar-refractivity contribution in [2.75, 3.05) is 12.4 Å². The number of amides is 1. The van der Waals surface area contributed by atoms with Crippen LogP contribution < -0.4 is 30.1 Å². The lowest BCUT2D eigenvalue weighted by Crippen LogP contribution is -2.34. The molecule has 0 atom stereocenters. The topological polar surface area (TPSA) is 96.2 Å². The molecule has 0 saturated heterocycles. The van der Waals surface area contributed by atoms with E-state index in [2.05, 4.69) is 10.6 Å². The second-order valence-electron chi connectivity index (χ2n) is 6.49. The summed E-state index contributed by atoms with van der Waals surface area (Å²) < 4.78 is 7.31. The first-order valence-corrected chi connectivity index (χ1v) is 10.5. The van der Waals surface area contributed by atoms with Crippen molar-refractivity contribution in [2.24, 2.45) is 0 Å². The van der Waals surface area contributed by atoms with E-state index in [1.54, 1.807) is 32.4 Å². The van der Waals surface area contributed by atoms with E-state index in [0.717, 1.165) is 28.3 Å². The minimum absolute atomic E-state index is 0.0863. The fraction of sp³-hybridized carbons (Fsp3) is 0.174. The van der Waals surface area contributed by atoms with Crippen molar-refractivity contribution >= 4 is 34.7 Å². The lowest BCUT2D eigenvalue weighted by atomic mass is 10.2. The van der Waals surface area contributed by atoms with Crippen molar-refractivity contribution in [3.8, 4) is 11.8 Å². The number of nitrogens with one attached hydrogen (secondary N) is 2. The van der Waals surface area contributed by atoms with Crippen molar-refractivity contribution in [1.29, 1.82) is 5.26 Å². The van der Waals surface area contributed by atoms with Gasteiger partial charge < -0.3 is 15.4 Å². The van der Waals surface area contributed by atoms with Crippen LogP contribution in [0.5, 0.6) is 5.75 Å². The molecule has 1 aromatic heterocycles. The average molecular weight is 435 g/mol. The lowest BCUT2D eigenvalue weighted by molar-refractivity contribution is -0.115. The van der Waals surface area contributed by atoms with Crippen molar-refractivity contribution in [3.05, 3.63) is 79.7 Å². The molecule has 3 aromatic rings. The van der Waals surface area contributed by atoms with Crippen LogP contribution in [0.1, 0.15) is 12.5 Å². The van der Waals surface area contributed by atoms with Crippen LogP contribution in [0.3, 0.4) is 0 Å². The molecule has 0 unspecified atom stereocenters. The number of aromatic nitrogens is 1. The summed E-state index contributed by atoms with van der Waals surface area (Å²) in [5.41, 5.74) is 1.37. The van der Waals surface area contributed by atoms with Crippen molar-refractivity contribution in [2.45, 2.75) is 20.0 Å². The molecule has 0 spiro atoms. The largest absolute Gasteiger partial charge is 0.497 e. The van der Waals surface area contributed by atoms with Gasteiger partial charge >= 0.3 is 0 Å². The molecule has 0 fully saturated rings. The molecular formula is C23H22N4O3S. The Morgan fingerprint density at radius 2 is 1.90 bits per heavy atom. The van der Waals surface area contributed by atoms with Crippen molar-refractivity contribution < 1.29 is 9.53 Å². The maximum absolute atomic E-state index is 12.8. The first-order valence-electron chi connectivity index (χ1n) is 9.64. The van der Waals surface area contributed by atoms with Gasteiger partial charge in [-0.05, 0) is 36.8 Å². The maximum Gasteiger partial charge on any atom is 0.270 e. The number of anilines is 1. The van der Waals surface area contributed by atoms with Crippen molar-refractivity contribution in [1.82, 2.24) is 9.88 Å². The van der Waals surface area contributed by atoms with E-state index >= 15 is 0 Å². The van der Waals surface area contributed by atoms with E-state index < -0.39 is 5.91 Å². The number of hydrogen-bond acceptors (Lipinski definition) is 6. The van der Waals surface area contributed by atoms with Gasteiger partial charge in [-0.25, -0.2) is 0 Å². The predicted molar refractivity (Wildman–Crippen MR) is 122 cm³/mol. The van der Waals surface area contributed by atoms with Crippen LogP contribution in [-0.2, 0) is 17.9 Å². The maximum atomic E-state index is 12.8. The molecule has 1 heterocycles. The van der Waals surface area contributed by atoms with E-state index in [9.17, 15) is 14.9 Å². The zero-order valence-electron chi connectivity index (χ0n) is 17.2. The molecule has 0 aliphatic carbocycles. The van der Waals surface area contributed by atoms with Crippen LogP contribution in [0.15, 0.2) is 59.4 Å². The summed E-state index contributed by atoms with van der Waals surface area (Å²) in [6, 6.07) is 18.6. The number of carbonyl (C=O) groups is 1. The molecule has 0 aliphatic rings. The number of ether oxygens (including phenoxy) is 1. The van der Waals surface area contributed by atoms with Gasteiger partial charge in [0.15, 0.2) is 5.57 Å². The molecule has 2 N–H and O–H groups in total. The van der Waals surface area contributed by atoms with Gasteiger partial charge in [-0.1, -0.05) is 30.3 Å². The highest BCUT2D eigenvalue weighted by Gasteiger charge is 2.15. The Labute approximate surface area is 183 Å². The predicted octanol–water partition coefficient (Wildman–Crippen LogP) is 1.78. The Hall–Kier alpha value is -3.83. The summed E-state index contributed by atoms with van der Waals surface area (Å²) in [6.07, 6.45) is 1.60. The Balaban J connectivity index is 1.90. The second kappa shape index (κ2) is 10.3. The number of methoxy groups -OCH3 is 1. The van der Waals surface area contributed by atoms with Gasteiger partial charge in [-0.3, -0.25) is 14.2 Å². The first kappa shape index (κ1) is 21.9. The van der Waals surface area contributed by atoms with Gasteiger partial charge in [0.1, 0.15) is 21.0 Å². The number of nitrogens with zero attached hydrogens (tertiary/aromatic N) is 2.